The number of nitro groups is 2. The van der Waals surface area contributed by atoms with E-state index in [0.29, 0.717) is 17.9 Å². The molecule has 4 aromatic rings. The minimum absolute atomic E-state index is 0.0426. The van der Waals surface area contributed by atoms with Gasteiger partial charge in [0.25, 0.3) is 5.69 Å². The molecule has 0 aliphatic heterocycles. The van der Waals surface area contributed by atoms with Crippen LogP contribution in [0.5, 0.6) is 5.75 Å². The van der Waals surface area contributed by atoms with Crippen LogP contribution < -0.4 is 10.2 Å². The molecule has 0 bridgehead atoms. The largest absolute Gasteiger partial charge is 0.488 e. The van der Waals surface area contributed by atoms with Gasteiger partial charge in [-0.05, 0) is 62.1 Å². The second-order valence-corrected chi connectivity index (χ2v) is 8.06. The average Bonchev–Trinajstić information content (AvgIpc) is 2.83. The summed E-state index contributed by atoms with van der Waals surface area (Å²) in [4.78, 5) is 20.7. The number of anilines is 1. The highest BCUT2D eigenvalue weighted by atomic mass is 79.9. The van der Waals surface area contributed by atoms with E-state index in [2.05, 4.69) is 44.7 Å². The summed E-state index contributed by atoms with van der Waals surface area (Å²) >= 11 is 3.50. The summed E-state index contributed by atoms with van der Waals surface area (Å²) in [5, 5.41) is 28.4. The highest BCUT2D eigenvalue weighted by molar-refractivity contribution is 9.10. The summed E-state index contributed by atoms with van der Waals surface area (Å²) < 4.78 is 6.72. The molecule has 0 saturated carbocycles. The number of rotatable bonds is 8. The van der Waals surface area contributed by atoms with Gasteiger partial charge in [-0.2, -0.15) is 5.10 Å². The summed E-state index contributed by atoms with van der Waals surface area (Å²) in [5.74, 6) is 0.657. The first-order valence-corrected chi connectivity index (χ1v) is 10.8. The van der Waals surface area contributed by atoms with Crippen LogP contribution in [0.3, 0.4) is 0 Å². The minimum Gasteiger partial charge on any atom is -0.488 e. The van der Waals surface area contributed by atoms with E-state index in [9.17, 15) is 20.2 Å². The molecule has 0 amide bonds. The number of benzene rings is 4. The third-order valence-electron chi connectivity index (χ3n) is 5.01. The van der Waals surface area contributed by atoms with Crippen molar-refractivity contribution in [1.29, 1.82) is 0 Å². The van der Waals surface area contributed by atoms with E-state index in [0.717, 1.165) is 26.9 Å². The van der Waals surface area contributed by atoms with E-state index in [1.54, 1.807) is 18.2 Å². The number of hydrazone groups is 1. The zero-order chi connectivity index (χ0) is 24.1. The number of hydrogen-bond acceptors (Lipinski definition) is 7. The zero-order valence-corrected chi connectivity index (χ0v) is 19.1. The van der Waals surface area contributed by atoms with Crippen molar-refractivity contribution in [3.05, 3.63) is 115 Å². The van der Waals surface area contributed by atoms with Gasteiger partial charge in [0.05, 0.1) is 26.6 Å². The van der Waals surface area contributed by atoms with E-state index < -0.39 is 15.5 Å². The quantitative estimate of drug-likeness (QED) is 0.162. The fraction of sp³-hybridized carbons (Fsp3) is 0.0417. The fourth-order valence-corrected chi connectivity index (χ4v) is 3.85. The van der Waals surface area contributed by atoms with E-state index >= 15 is 0 Å². The van der Waals surface area contributed by atoms with Crippen molar-refractivity contribution in [2.75, 3.05) is 5.43 Å². The summed E-state index contributed by atoms with van der Waals surface area (Å²) in [5.41, 5.74) is 3.58. The molecule has 0 atom stereocenters. The predicted octanol–water partition coefficient (Wildman–Crippen LogP) is 6.44. The van der Waals surface area contributed by atoms with Crippen molar-refractivity contribution in [1.82, 2.24) is 0 Å². The molecule has 4 aromatic carbocycles. The lowest BCUT2D eigenvalue weighted by molar-refractivity contribution is -0.393. The molecule has 0 unspecified atom stereocenters. The first kappa shape index (κ1) is 22.9. The van der Waals surface area contributed by atoms with Crippen LogP contribution in [-0.4, -0.2) is 16.1 Å². The predicted molar refractivity (Wildman–Crippen MR) is 133 cm³/mol. The third-order valence-corrected chi connectivity index (χ3v) is 5.63. The standard InChI is InChI=1S/C24H17BrN4O5/c25-21-12-16(14-26-27-22-10-9-19(28(30)31)13-23(22)29(32)33)8-11-24(21)34-15-18-6-3-5-17-4-1-2-7-20(17)18/h1-14,27H,15H2/b26-14-. The van der Waals surface area contributed by atoms with E-state index in [4.69, 9.17) is 4.74 Å². The van der Waals surface area contributed by atoms with Crippen molar-refractivity contribution in [3.8, 4) is 5.75 Å². The van der Waals surface area contributed by atoms with Crippen LogP contribution in [0.4, 0.5) is 17.1 Å². The summed E-state index contributed by atoms with van der Waals surface area (Å²) in [6.07, 6.45) is 1.48. The summed E-state index contributed by atoms with van der Waals surface area (Å²) in [6, 6.07) is 22.9. The Morgan fingerprint density at radius 3 is 2.50 bits per heavy atom. The maximum absolute atomic E-state index is 11.2. The van der Waals surface area contributed by atoms with Gasteiger partial charge in [-0.25, -0.2) is 0 Å². The Hall–Kier alpha value is -4.31. The number of hydrogen-bond donors (Lipinski definition) is 1. The van der Waals surface area contributed by atoms with Gasteiger partial charge in [0.2, 0.25) is 0 Å². The van der Waals surface area contributed by atoms with Crippen LogP contribution in [0.25, 0.3) is 10.8 Å². The Kier molecular flexibility index (Phi) is 6.79. The van der Waals surface area contributed by atoms with Gasteiger partial charge < -0.3 is 4.74 Å². The number of ether oxygens (including phenoxy) is 1. The number of nitro benzene ring substituents is 2. The van der Waals surface area contributed by atoms with Crippen molar-refractivity contribution in [3.63, 3.8) is 0 Å². The monoisotopic (exact) mass is 520 g/mol. The van der Waals surface area contributed by atoms with Gasteiger partial charge in [-0.3, -0.25) is 25.7 Å². The lowest BCUT2D eigenvalue weighted by atomic mass is 10.1. The van der Waals surface area contributed by atoms with E-state index in [-0.39, 0.29) is 11.4 Å². The number of halogens is 1. The Morgan fingerprint density at radius 2 is 1.74 bits per heavy atom. The lowest BCUT2D eigenvalue weighted by Crippen LogP contribution is -1.99. The maximum atomic E-state index is 11.2. The molecule has 0 aromatic heterocycles. The second-order valence-electron chi connectivity index (χ2n) is 7.20. The molecule has 34 heavy (non-hydrogen) atoms. The molecule has 4 rings (SSSR count). The van der Waals surface area contributed by atoms with Crippen molar-refractivity contribution >= 4 is 50.0 Å². The van der Waals surface area contributed by atoms with Gasteiger partial charge in [0.15, 0.2) is 0 Å². The van der Waals surface area contributed by atoms with Gasteiger partial charge in [0, 0.05) is 6.07 Å². The van der Waals surface area contributed by atoms with Gasteiger partial charge in [-0.15, -0.1) is 0 Å². The van der Waals surface area contributed by atoms with Crippen molar-refractivity contribution in [2.24, 2.45) is 5.10 Å². The normalized spacial score (nSPS) is 11.0. The highest BCUT2D eigenvalue weighted by Crippen LogP contribution is 2.30. The molecule has 170 valence electrons. The van der Waals surface area contributed by atoms with Crippen molar-refractivity contribution in [2.45, 2.75) is 6.61 Å². The fourth-order valence-electron chi connectivity index (χ4n) is 3.34. The first-order valence-electron chi connectivity index (χ1n) is 10.0. The van der Waals surface area contributed by atoms with Gasteiger partial charge in [-0.1, -0.05) is 42.5 Å². The highest BCUT2D eigenvalue weighted by Gasteiger charge is 2.19. The van der Waals surface area contributed by atoms with Gasteiger partial charge in [0.1, 0.15) is 18.0 Å². The molecule has 10 heteroatoms. The van der Waals surface area contributed by atoms with Crippen LogP contribution in [-0.2, 0) is 6.61 Å². The topological polar surface area (TPSA) is 120 Å². The van der Waals surface area contributed by atoms with Crippen LogP contribution in [0.15, 0.2) is 88.4 Å². The summed E-state index contributed by atoms with van der Waals surface area (Å²) in [7, 11) is 0. The molecule has 0 aliphatic carbocycles. The number of non-ortho nitro benzene ring substituents is 1. The van der Waals surface area contributed by atoms with Crippen LogP contribution in [0.1, 0.15) is 11.1 Å². The Balaban J connectivity index is 1.44. The van der Waals surface area contributed by atoms with Gasteiger partial charge >= 0.3 is 5.69 Å². The second kappa shape index (κ2) is 10.1. The lowest BCUT2D eigenvalue weighted by Gasteiger charge is -2.11. The summed E-state index contributed by atoms with van der Waals surface area (Å²) in [6.45, 7) is 0.402. The molecule has 1 N–H and O–H groups in total. The molecule has 0 aliphatic rings. The van der Waals surface area contributed by atoms with Crippen molar-refractivity contribution < 1.29 is 14.6 Å². The number of fused-ring (bicyclic) bond motifs is 1. The molecule has 0 heterocycles. The van der Waals surface area contributed by atoms with Crippen LogP contribution >= 0.6 is 15.9 Å². The zero-order valence-electron chi connectivity index (χ0n) is 17.6. The molecule has 0 spiro atoms. The molecule has 0 fully saturated rings. The number of nitrogens with zero attached hydrogens (tertiary/aromatic N) is 3. The molecular weight excluding hydrogens is 504 g/mol. The molecule has 9 nitrogen and oxygen atoms in total. The van der Waals surface area contributed by atoms with Crippen LogP contribution in [0, 0.1) is 20.2 Å². The molecule has 0 saturated heterocycles. The first-order chi connectivity index (χ1) is 16.4. The molecular formula is C24H17BrN4O5. The molecule has 0 radical (unpaired) electrons. The Bertz CT molecular complexity index is 1420. The van der Waals surface area contributed by atoms with E-state index in [1.165, 1.54) is 18.3 Å². The Morgan fingerprint density at radius 1 is 0.941 bits per heavy atom. The van der Waals surface area contributed by atoms with Crippen LogP contribution in [0.2, 0.25) is 0 Å². The van der Waals surface area contributed by atoms with E-state index in [1.807, 2.05) is 24.3 Å². The minimum atomic E-state index is -0.705. The number of nitrogens with one attached hydrogen (secondary N) is 1. The third kappa shape index (κ3) is 5.18. The maximum Gasteiger partial charge on any atom is 0.301 e. The SMILES string of the molecule is O=[N+]([O-])c1ccc(N/N=C\c2ccc(OCc3cccc4ccccc34)c(Br)c2)c([N+](=O)[O-])c1. The Labute approximate surface area is 202 Å². The average molecular weight is 521 g/mol. The smallest absolute Gasteiger partial charge is 0.301 e.